The zero-order valence-corrected chi connectivity index (χ0v) is 11.5. The summed E-state index contributed by atoms with van der Waals surface area (Å²) in [6.07, 6.45) is 1.18. The average Bonchev–Trinajstić information content (AvgIpc) is 3.10. The van der Waals surface area contributed by atoms with Crippen LogP contribution in [0.15, 0.2) is 35.7 Å². The lowest BCUT2D eigenvalue weighted by molar-refractivity contribution is 0.141. The molecule has 1 aliphatic rings. The molecule has 0 bridgehead atoms. The van der Waals surface area contributed by atoms with Crippen molar-refractivity contribution < 1.29 is 9.47 Å². The summed E-state index contributed by atoms with van der Waals surface area (Å²) in [6.45, 7) is 2.11. The molecule has 1 atom stereocenters. The van der Waals surface area contributed by atoms with Crippen molar-refractivity contribution in [3.8, 4) is 16.9 Å². The van der Waals surface area contributed by atoms with E-state index in [4.69, 9.17) is 15.2 Å². The molecule has 2 aromatic rings. The Morgan fingerprint density at radius 3 is 2.74 bits per heavy atom. The predicted octanol–water partition coefficient (Wildman–Crippen LogP) is 3.04. The van der Waals surface area contributed by atoms with Crippen LogP contribution in [0.5, 0.6) is 5.75 Å². The number of benzene rings is 1. The van der Waals surface area contributed by atoms with Gasteiger partial charge in [0.15, 0.2) is 0 Å². The summed E-state index contributed by atoms with van der Waals surface area (Å²) in [7, 11) is 0. The largest absolute Gasteiger partial charge is 0.488 e. The van der Waals surface area contributed by atoms with Crippen molar-refractivity contribution in [3.63, 3.8) is 0 Å². The van der Waals surface area contributed by atoms with E-state index >= 15 is 0 Å². The second kappa shape index (κ2) is 5.74. The van der Waals surface area contributed by atoms with E-state index in [0.29, 0.717) is 13.2 Å². The quantitative estimate of drug-likeness (QED) is 0.932. The van der Waals surface area contributed by atoms with Crippen LogP contribution in [0.25, 0.3) is 11.1 Å². The van der Waals surface area contributed by atoms with Gasteiger partial charge in [-0.25, -0.2) is 0 Å². The van der Waals surface area contributed by atoms with Gasteiger partial charge in [-0.05, 0) is 34.7 Å². The Labute approximate surface area is 117 Å². The Hall–Kier alpha value is -1.36. The third-order valence-electron chi connectivity index (χ3n) is 3.23. The summed E-state index contributed by atoms with van der Waals surface area (Å²) >= 11 is 1.70. The molecule has 2 N–H and O–H groups in total. The van der Waals surface area contributed by atoms with Crippen LogP contribution in [0, 0.1) is 0 Å². The zero-order valence-electron chi connectivity index (χ0n) is 10.7. The maximum Gasteiger partial charge on any atom is 0.124 e. The zero-order chi connectivity index (χ0) is 13.1. The molecule has 1 aliphatic heterocycles. The molecule has 0 amide bonds. The van der Waals surface area contributed by atoms with Gasteiger partial charge in [0, 0.05) is 17.8 Å². The normalized spacial score (nSPS) is 18.7. The highest BCUT2D eigenvalue weighted by atomic mass is 32.1. The van der Waals surface area contributed by atoms with Crippen LogP contribution in [0.3, 0.4) is 0 Å². The van der Waals surface area contributed by atoms with Crippen molar-refractivity contribution in [2.24, 2.45) is 5.73 Å². The number of rotatable bonds is 4. The Kier molecular flexibility index (Phi) is 3.82. The standard InChI is InChI=1S/C15H17NO2S/c16-8-15-7-12(10-19-15)11-1-3-13(4-2-11)18-14-5-6-17-9-14/h1-4,7,10,14H,5-6,8-9,16H2. The Morgan fingerprint density at radius 1 is 1.26 bits per heavy atom. The molecular formula is C15H17NO2S. The smallest absolute Gasteiger partial charge is 0.124 e. The maximum atomic E-state index is 5.85. The first-order valence-electron chi connectivity index (χ1n) is 6.47. The lowest BCUT2D eigenvalue weighted by Crippen LogP contribution is -2.15. The van der Waals surface area contributed by atoms with Crippen molar-refractivity contribution in [1.82, 2.24) is 0 Å². The fourth-order valence-electron chi connectivity index (χ4n) is 2.16. The van der Waals surface area contributed by atoms with Crippen LogP contribution in [-0.4, -0.2) is 19.3 Å². The third kappa shape index (κ3) is 2.97. The highest BCUT2D eigenvalue weighted by Crippen LogP contribution is 2.27. The van der Waals surface area contributed by atoms with Gasteiger partial charge in [-0.15, -0.1) is 11.3 Å². The molecule has 0 saturated carbocycles. The van der Waals surface area contributed by atoms with E-state index in [1.54, 1.807) is 11.3 Å². The summed E-state index contributed by atoms with van der Waals surface area (Å²) in [6, 6.07) is 10.4. The first kappa shape index (κ1) is 12.7. The predicted molar refractivity (Wildman–Crippen MR) is 77.5 cm³/mol. The summed E-state index contributed by atoms with van der Waals surface area (Å²) in [5.74, 6) is 0.911. The number of hydrogen-bond donors (Lipinski definition) is 1. The van der Waals surface area contributed by atoms with Gasteiger partial charge in [-0.3, -0.25) is 0 Å². The first-order valence-corrected chi connectivity index (χ1v) is 7.35. The van der Waals surface area contributed by atoms with E-state index in [0.717, 1.165) is 18.8 Å². The molecule has 3 rings (SSSR count). The van der Waals surface area contributed by atoms with E-state index in [1.165, 1.54) is 16.0 Å². The molecule has 2 heterocycles. The molecule has 1 fully saturated rings. The molecule has 1 aromatic heterocycles. The van der Waals surface area contributed by atoms with Crippen LogP contribution in [-0.2, 0) is 11.3 Å². The summed E-state index contributed by atoms with van der Waals surface area (Å²) in [4.78, 5) is 1.21. The van der Waals surface area contributed by atoms with Crippen LogP contribution in [0.1, 0.15) is 11.3 Å². The lowest BCUT2D eigenvalue weighted by atomic mass is 10.1. The molecule has 1 unspecified atom stereocenters. The Bertz CT molecular complexity index is 529. The molecule has 1 saturated heterocycles. The molecule has 1 aromatic carbocycles. The van der Waals surface area contributed by atoms with Crippen molar-refractivity contribution in [2.45, 2.75) is 19.1 Å². The lowest BCUT2D eigenvalue weighted by Gasteiger charge is -2.11. The molecule has 4 heteroatoms. The summed E-state index contributed by atoms with van der Waals surface area (Å²) < 4.78 is 11.2. The van der Waals surface area contributed by atoms with Crippen LogP contribution < -0.4 is 10.5 Å². The Balaban J connectivity index is 1.70. The van der Waals surface area contributed by atoms with Crippen LogP contribution in [0.4, 0.5) is 0 Å². The fraction of sp³-hybridized carbons (Fsp3) is 0.333. The number of thiophene rings is 1. The van der Waals surface area contributed by atoms with E-state index in [1.807, 2.05) is 12.1 Å². The fourth-order valence-corrected chi connectivity index (χ4v) is 2.94. The van der Waals surface area contributed by atoms with Gasteiger partial charge >= 0.3 is 0 Å². The topological polar surface area (TPSA) is 44.5 Å². The minimum absolute atomic E-state index is 0.204. The van der Waals surface area contributed by atoms with Gasteiger partial charge in [0.1, 0.15) is 11.9 Å². The number of nitrogens with two attached hydrogens (primary N) is 1. The van der Waals surface area contributed by atoms with Gasteiger partial charge < -0.3 is 15.2 Å². The molecule has 100 valence electrons. The first-order chi connectivity index (χ1) is 9.35. The third-order valence-corrected chi connectivity index (χ3v) is 4.19. The number of ether oxygens (including phenoxy) is 2. The van der Waals surface area contributed by atoms with E-state index in [2.05, 4.69) is 23.6 Å². The molecule has 19 heavy (non-hydrogen) atoms. The molecule has 0 spiro atoms. The molecule has 0 radical (unpaired) electrons. The SMILES string of the molecule is NCc1cc(-c2ccc(OC3CCOC3)cc2)cs1. The molecule has 3 nitrogen and oxygen atoms in total. The van der Waals surface area contributed by atoms with E-state index in [9.17, 15) is 0 Å². The van der Waals surface area contributed by atoms with Crippen molar-refractivity contribution >= 4 is 11.3 Å². The van der Waals surface area contributed by atoms with Gasteiger partial charge in [0.2, 0.25) is 0 Å². The summed E-state index contributed by atoms with van der Waals surface area (Å²) in [5.41, 5.74) is 8.06. The van der Waals surface area contributed by atoms with E-state index in [-0.39, 0.29) is 6.10 Å². The summed E-state index contributed by atoms with van der Waals surface area (Å²) in [5, 5.41) is 2.14. The second-order valence-corrected chi connectivity index (χ2v) is 5.63. The highest BCUT2D eigenvalue weighted by Gasteiger charge is 2.16. The van der Waals surface area contributed by atoms with Crippen molar-refractivity contribution in [1.29, 1.82) is 0 Å². The van der Waals surface area contributed by atoms with Crippen LogP contribution >= 0.6 is 11.3 Å². The van der Waals surface area contributed by atoms with Gasteiger partial charge in [-0.2, -0.15) is 0 Å². The van der Waals surface area contributed by atoms with E-state index < -0.39 is 0 Å². The van der Waals surface area contributed by atoms with Gasteiger partial charge in [0.05, 0.1) is 13.2 Å². The minimum atomic E-state index is 0.204. The Morgan fingerprint density at radius 2 is 2.11 bits per heavy atom. The van der Waals surface area contributed by atoms with Crippen molar-refractivity contribution in [3.05, 3.63) is 40.6 Å². The van der Waals surface area contributed by atoms with Crippen molar-refractivity contribution in [2.75, 3.05) is 13.2 Å². The average molecular weight is 275 g/mol. The second-order valence-electron chi connectivity index (χ2n) is 4.63. The van der Waals surface area contributed by atoms with Gasteiger partial charge in [0.25, 0.3) is 0 Å². The van der Waals surface area contributed by atoms with Crippen LogP contribution in [0.2, 0.25) is 0 Å². The molecule has 0 aliphatic carbocycles. The minimum Gasteiger partial charge on any atom is -0.488 e. The molecular weight excluding hydrogens is 258 g/mol. The van der Waals surface area contributed by atoms with Gasteiger partial charge in [-0.1, -0.05) is 12.1 Å². The monoisotopic (exact) mass is 275 g/mol. The number of hydrogen-bond acceptors (Lipinski definition) is 4. The highest BCUT2D eigenvalue weighted by molar-refractivity contribution is 7.10. The maximum absolute atomic E-state index is 5.85.